The third-order valence-electron chi connectivity index (χ3n) is 6.45. The predicted molar refractivity (Wildman–Crippen MR) is 153 cm³/mol. The number of aromatic nitrogens is 1. The maximum atomic E-state index is 14.6. The summed E-state index contributed by atoms with van der Waals surface area (Å²) in [5.41, 5.74) is 7.45. The lowest BCUT2D eigenvalue weighted by Crippen LogP contribution is -2.08. The first-order chi connectivity index (χ1) is 18.4. The quantitative estimate of drug-likeness (QED) is 0.189. The molecule has 1 N–H and O–H groups in total. The summed E-state index contributed by atoms with van der Waals surface area (Å²) in [6.45, 7) is 6.35. The molecule has 0 aliphatic heterocycles. The van der Waals surface area contributed by atoms with Crippen molar-refractivity contribution in [2.45, 2.75) is 27.2 Å². The summed E-state index contributed by atoms with van der Waals surface area (Å²) < 4.78 is 43.1. The first-order valence-corrected chi connectivity index (χ1v) is 14.5. The standard InChI is InChI=1S/C31H30FNO5S/c1-19-6-7-24(31-20(2)14-25(15-21(31)3)38-12-5-13-39(4,36)37)17-26(19)28-10-8-23-16-22(9-11-30(34)35)27(32)18-29(23)33-28/h6-11,14-18H,5,12-13H2,1-4H3,(H,34,35)/b11-9+. The van der Waals surface area contributed by atoms with E-state index in [2.05, 4.69) is 12.1 Å². The van der Waals surface area contributed by atoms with Gasteiger partial charge in [-0.2, -0.15) is 0 Å². The lowest BCUT2D eigenvalue weighted by atomic mass is 9.92. The zero-order valence-electron chi connectivity index (χ0n) is 22.3. The van der Waals surface area contributed by atoms with Crippen molar-refractivity contribution < 1.29 is 27.4 Å². The number of aryl methyl sites for hydroxylation is 3. The second kappa shape index (κ2) is 11.4. The Hall–Kier alpha value is -4.04. The average molecular weight is 548 g/mol. The fourth-order valence-electron chi connectivity index (χ4n) is 4.63. The molecule has 0 aliphatic rings. The number of aliphatic carboxylic acids is 1. The zero-order chi connectivity index (χ0) is 28.3. The van der Waals surface area contributed by atoms with Crippen LogP contribution in [0.15, 0.2) is 60.7 Å². The number of carbonyl (C=O) groups is 1. The normalized spacial score (nSPS) is 11.8. The predicted octanol–water partition coefficient (Wildman–Crippen LogP) is 6.54. The topological polar surface area (TPSA) is 93.6 Å². The minimum atomic E-state index is -3.02. The molecule has 0 fully saturated rings. The summed E-state index contributed by atoms with van der Waals surface area (Å²) in [5.74, 6) is -0.894. The van der Waals surface area contributed by atoms with Gasteiger partial charge in [0.1, 0.15) is 21.4 Å². The van der Waals surface area contributed by atoms with Crippen LogP contribution in [0.5, 0.6) is 5.75 Å². The van der Waals surface area contributed by atoms with E-state index in [1.807, 2.05) is 51.1 Å². The zero-order valence-corrected chi connectivity index (χ0v) is 23.1. The van der Waals surface area contributed by atoms with Gasteiger partial charge in [-0.05, 0) is 91.4 Å². The molecule has 4 aromatic rings. The number of hydrogen-bond donors (Lipinski definition) is 1. The highest BCUT2D eigenvalue weighted by atomic mass is 32.2. The van der Waals surface area contributed by atoms with Gasteiger partial charge >= 0.3 is 5.97 Å². The molecule has 0 amide bonds. The minimum Gasteiger partial charge on any atom is -0.494 e. The van der Waals surface area contributed by atoms with Gasteiger partial charge in [-0.1, -0.05) is 18.2 Å². The molecule has 0 saturated heterocycles. The molecule has 39 heavy (non-hydrogen) atoms. The summed E-state index contributed by atoms with van der Waals surface area (Å²) in [7, 11) is -3.02. The number of fused-ring (bicyclic) bond motifs is 1. The van der Waals surface area contributed by atoms with E-state index in [9.17, 15) is 17.6 Å². The lowest BCUT2D eigenvalue weighted by Gasteiger charge is -2.16. The number of sulfone groups is 1. The molecule has 0 spiro atoms. The Morgan fingerprint density at radius 1 is 1.00 bits per heavy atom. The van der Waals surface area contributed by atoms with Gasteiger partial charge in [0.2, 0.25) is 0 Å². The average Bonchev–Trinajstić information content (AvgIpc) is 2.85. The van der Waals surface area contributed by atoms with Gasteiger partial charge in [-0.15, -0.1) is 0 Å². The van der Waals surface area contributed by atoms with Crippen LogP contribution in [0.1, 0.15) is 28.7 Å². The number of rotatable bonds is 9. The molecule has 0 saturated carbocycles. The first kappa shape index (κ1) is 28.0. The Balaban J connectivity index is 1.65. The van der Waals surface area contributed by atoms with Gasteiger partial charge in [-0.3, -0.25) is 0 Å². The van der Waals surface area contributed by atoms with Gasteiger partial charge < -0.3 is 9.84 Å². The van der Waals surface area contributed by atoms with Gasteiger partial charge in [0.15, 0.2) is 0 Å². The minimum absolute atomic E-state index is 0.0908. The Morgan fingerprint density at radius 3 is 2.38 bits per heavy atom. The third kappa shape index (κ3) is 6.89. The molecule has 0 unspecified atom stereocenters. The van der Waals surface area contributed by atoms with Crippen molar-refractivity contribution in [2.75, 3.05) is 18.6 Å². The molecule has 0 radical (unpaired) electrons. The van der Waals surface area contributed by atoms with E-state index in [4.69, 9.17) is 14.8 Å². The first-order valence-electron chi connectivity index (χ1n) is 12.5. The van der Waals surface area contributed by atoms with Crippen molar-refractivity contribution in [1.29, 1.82) is 0 Å². The monoisotopic (exact) mass is 547 g/mol. The van der Waals surface area contributed by atoms with E-state index in [1.54, 1.807) is 6.07 Å². The summed E-state index contributed by atoms with van der Waals surface area (Å²) in [6.07, 6.45) is 3.79. The molecule has 3 aromatic carbocycles. The van der Waals surface area contributed by atoms with Crippen LogP contribution < -0.4 is 4.74 Å². The molecular formula is C31H30FNO5S. The number of halogens is 1. The molecule has 0 bridgehead atoms. The van der Waals surface area contributed by atoms with Crippen LogP contribution in [0.3, 0.4) is 0 Å². The van der Waals surface area contributed by atoms with E-state index in [1.165, 1.54) is 18.4 Å². The molecule has 0 atom stereocenters. The number of carboxylic acid groups (broad SMARTS) is 1. The Bertz CT molecular complexity index is 1690. The lowest BCUT2D eigenvalue weighted by molar-refractivity contribution is -0.131. The number of ether oxygens (including phenoxy) is 1. The Labute approximate surface area is 227 Å². The molecule has 1 aromatic heterocycles. The highest BCUT2D eigenvalue weighted by Crippen LogP contribution is 2.35. The summed E-state index contributed by atoms with van der Waals surface area (Å²) in [6, 6.07) is 16.7. The van der Waals surface area contributed by atoms with E-state index < -0.39 is 21.6 Å². The van der Waals surface area contributed by atoms with Crippen LogP contribution in [-0.2, 0) is 14.6 Å². The van der Waals surface area contributed by atoms with Crippen LogP contribution in [0.4, 0.5) is 4.39 Å². The largest absolute Gasteiger partial charge is 0.494 e. The SMILES string of the molecule is Cc1ccc(-c2c(C)cc(OCCCS(C)(=O)=O)cc2C)cc1-c1ccc2cc(/C=C/C(=O)O)c(F)cc2n1. The maximum absolute atomic E-state index is 14.6. The van der Waals surface area contributed by atoms with Crippen molar-refractivity contribution in [3.8, 4) is 28.1 Å². The highest BCUT2D eigenvalue weighted by Gasteiger charge is 2.13. The smallest absolute Gasteiger partial charge is 0.328 e. The molecule has 0 aliphatic carbocycles. The number of nitrogens with zero attached hydrogens (tertiary/aromatic N) is 1. The van der Waals surface area contributed by atoms with Gasteiger partial charge in [0.05, 0.1) is 23.6 Å². The molecule has 6 nitrogen and oxygen atoms in total. The Morgan fingerprint density at radius 2 is 1.72 bits per heavy atom. The van der Waals surface area contributed by atoms with Crippen LogP contribution in [0, 0.1) is 26.6 Å². The maximum Gasteiger partial charge on any atom is 0.328 e. The number of pyridine rings is 1. The van der Waals surface area contributed by atoms with E-state index in [0.717, 1.165) is 39.5 Å². The summed E-state index contributed by atoms with van der Waals surface area (Å²) in [4.78, 5) is 15.5. The second-order valence-electron chi connectivity index (χ2n) is 9.73. The molecule has 8 heteroatoms. The highest BCUT2D eigenvalue weighted by molar-refractivity contribution is 7.90. The molecule has 1 heterocycles. The fourth-order valence-corrected chi connectivity index (χ4v) is 5.27. The van der Waals surface area contributed by atoms with Crippen molar-refractivity contribution >= 4 is 32.8 Å². The van der Waals surface area contributed by atoms with E-state index in [0.29, 0.717) is 35.4 Å². The number of benzene rings is 3. The molecule has 4 rings (SSSR count). The van der Waals surface area contributed by atoms with Crippen LogP contribution >= 0.6 is 0 Å². The molecule has 202 valence electrons. The Kier molecular flexibility index (Phi) is 8.16. The van der Waals surface area contributed by atoms with Crippen molar-refractivity contribution in [1.82, 2.24) is 4.98 Å². The van der Waals surface area contributed by atoms with Crippen molar-refractivity contribution in [3.63, 3.8) is 0 Å². The summed E-state index contributed by atoms with van der Waals surface area (Å²) in [5, 5.41) is 9.55. The fraction of sp³-hybridized carbons (Fsp3) is 0.226. The van der Waals surface area contributed by atoms with Crippen LogP contribution in [-0.4, -0.2) is 43.1 Å². The van der Waals surface area contributed by atoms with Crippen LogP contribution in [0.2, 0.25) is 0 Å². The van der Waals surface area contributed by atoms with Crippen LogP contribution in [0.25, 0.3) is 39.4 Å². The van der Waals surface area contributed by atoms with Gasteiger partial charge in [0.25, 0.3) is 0 Å². The number of carboxylic acids is 1. The van der Waals surface area contributed by atoms with Gasteiger partial charge in [-0.25, -0.2) is 22.6 Å². The summed E-state index contributed by atoms with van der Waals surface area (Å²) >= 11 is 0. The van der Waals surface area contributed by atoms with E-state index >= 15 is 0 Å². The third-order valence-corrected chi connectivity index (χ3v) is 7.48. The van der Waals surface area contributed by atoms with Gasteiger partial charge in [0, 0.05) is 34.9 Å². The van der Waals surface area contributed by atoms with E-state index in [-0.39, 0.29) is 11.3 Å². The van der Waals surface area contributed by atoms with Crippen molar-refractivity contribution in [2.24, 2.45) is 0 Å². The molecular weight excluding hydrogens is 517 g/mol. The number of hydrogen-bond acceptors (Lipinski definition) is 5. The second-order valence-corrected chi connectivity index (χ2v) is 12.0. The van der Waals surface area contributed by atoms with Crippen molar-refractivity contribution in [3.05, 3.63) is 88.7 Å².